The molecule has 1 fully saturated rings. The van der Waals surface area contributed by atoms with E-state index in [0.717, 1.165) is 11.3 Å². The Morgan fingerprint density at radius 3 is 2.47 bits per heavy atom. The predicted molar refractivity (Wildman–Crippen MR) is 130 cm³/mol. The van der Waals surface area contributed by atoms with Crippen LogP contribution >= 0.6 is 0 Å². The average molecular weight is 466 g/mol. The van der Waals surface area contributed by atoms with E-state index in [-0.39, 0.29) is 23.4 Å². The molecule has 1 saturated heterocycles. The van der Waals surface area contributed by atoms with Gasteiger partial charge in [0.2, 0.25) is 5.78 Å². The number of hydrogen-bond acceptors (Lipinski definition) is 7. The number of benzene rings is 2. The molecule has 2 heterocycles. The van der Waals surface area contributed by atoms with Crippen LogP contribution in [0.25, 0.3) is 6.08 Å². The Balaban J connectivity index is 1.54. The van der Waals surface area contributed by atoms with Crippen LogP contribution in [-0.4, -0.2) is 73.7 Å². The van der Waals surface area contributed by atoms with Crippen molar-refractivity contribution in [2.45, 2.75) is 20.4 Å². The second kappa shape index (κ2) is 9.77. The zero-order valence-electron chi connectivity index (χ0n) is 20.1. The summed E-state index contributed by atoms with van der Waals surface area (Å²) >= 11 is 0. The van der Waals surface area contributed by atoms with Crippen molar-refractivity contribution in [3.63, 3.8) is 0 Å². The highest BCUT2D eigenvalue weighted by Gasteiger charge is 2.34. The van der Waals surface area contributed by atoms with Crippen LogP contribution in [0.5, 0.6) is 11.5 Å². The lowest BCUT2D eigenvalue weighted by atomic mass is 9.99. The predicted octanol–water partition coefficient (Wildman–Crippen LogP) is 3.66. The summed E-state index contributed by atoms with van der Waals surface area (Å²) in [5, 5.41) is 10.7. The normalized spacial score (nSPS) is 17.0. The van der Waals surface area contributed by atoms with Crippen LogP contribution in [0.3, 0.4) is 0 Å². The lowest BCUT2D eigenvalue weighted by Crippen LogP contribution is -2.48. The first-order valence-corrected chi connectivity index (χ1v) is 11.5. The highest BCUT2D eigenvalue weighted by Crippen LogP contribution is 2.42. The lowest BCUT2D eigenvalue weighted by molar-refractivity contribution is 0.0774. The van der Waals surface area contributed by atoms with Gasteiger partial charge in [-0.25, -0.2) is 4.79 Å². The molecule has 1 amide bonds. The standard InChI is InChI=1S/C26H31N3O5/c1-5-33-26(32)29-12-10-28(11-13-29)16-20-21(30)14-17(2)23-24(31)22(34-25(20)23)15-18-6-8-19(9-7-18)27(3)4/h6-9,14-15,30H,5,10-13,16H2,1-4H3/b22-15-. The first-order valence-electron chi connectivity index (χ1n) is 11.5. The Bertz CT molecular complexity index is 1120. The number of carbonyl (C=O) groups excluding carboxylic acids is 2. The van der Waals surface area contributed by atoms with E-state index in [9.17, 15) is 14.7 Å². The van der Waals surface area contributed by atoms with Gasteiger partial charge in [-0.3, -0.25) is 9.69 Å². The molecule has 0 aromatic heterocycles. The fourth-order valence-electron chi connectivity index (χ4n) is 4.28. The van der Waals surface area contributed by atoms with Crippen LogP contribution in [0, 0.1) is 6.92 Å². The molecule has 2 aliphatic rings. The fraction of sp³-hybridized carbons (Fsp3) is 0.385. The highest BCUT2D eigenvalue weighted by molar-refractivity contribution is 6.15. The molecule has 2 aromatic carbocycles. The molecule has 34 heavy (non-hydrogen) atoms. The molecule has 0 atom stereocenters. The number of amides is 1. The number of rotatable bonds is 5. The summed E-state index contributed by atoms with van der Waals surface area (Å²) in [5.41, 5.74) is 3.69. The highest BCUT2D eigenvalue weighted by atomic mass is 16.6. The maximum Gasteiger partial charge on any atom is 0.409 e. The topological polar surface area (TPSA) is 82.6 Å². The molecule has 0 radical (unpaired) electrons. The van der Waals surface area contributed by atoms with Gasteiger partial charge in [0.15, 0.2) is 5.76 Å². The van der Waals surface area contributed by atoms with Gasteiger partial charge in [-0.15, -0.1) is 0 Å². The van der Waals surface area contributed by atoms with E-state index < -0.39 is 0 Å². The molecular formula is C26H31N3O5. The molecule has 4 rings (SSSR count). The van der Waals surface area contributed by atoms with E-state index in [0.29, 0.717) is 61.8 Å². The van der Waals surface area contributed by atoms with Crippen molar-refractivity contribution < 1.29 is 24.2 Å². The zero-order valence-corrected chi connectivity index (χ0v) is 20.1. The lowest BCUT2D eigenvalue weighted by Gasteiger charge is -2.34. The Morgan fingerprint density at radius 2 is 1.85 bits per heavy atom. The van der Waals surface area contributed by atoms with Crippen molar-refractivity contribution in [1.82, 2.24) is 9.80 Å². The number of ether oxygens (including phenoxy) is 2. The second-order valence-corrected chi connectivity index (χ2v) is 8.78. The Morgan fingerprint density at radius 1 is 1.18 bits per heavy atom. The molecule has 0 bridgehead atoms. The van der Waals surface area contributed by atoms with Crippen LogP contribution < -0.4 is 9.64 Å². The number of aryl methyl sites for hydroxylation is 1. The first-order chi connectivity index (χ1) is 16.3. The first kappa shape index (κ1) is 23.6. The average Bonchev–Trinajstić information content (AvgIpc) is 3.13. The van der Waals surface area contributed by atoms with Gasteiger partial charge in [-0.2, -0.15) is 0 Å². The summed E-state index contributed by atoms with van der Waals surface area (Å²) in [7, 11) is 3.95. The monoisotopic (exact) mass is 465 g/mol. The molecule has 1 N–H and O–H groups in total. The number of Topliss-reactive ketones (excluding diaryl/α,β-unsaturated/α-hetero) is 1. The molecular weight excluding hydrogens is 434 g/mol. The molecule has 180 valence electrons. The van der Waals surface area contributed by atoms with E-state index in [1.807, 2.05) is 43.3 Å². The van der Waals surface area contributed by atoms with Crippen LogP contribution in [0.4, 0.5) is 10.5 Å². The van der Waals surface area contributed by atoms with Gasteiger partial charge in [-0.05, 0) is 49.2 Å². The van der Waals surface area contributed by atoms with Crippen molar-refractivity contribution in [2.75, 3.05) is 51.8 Å². The van der Waals surface area contributed by atoms with Crippen LogP contribution in [0.15, 0.2) is 36.1 Å². The number of phenols is 1. The van der Waals surface area contributed by atoms with Gasteiger partial charge in [-0.1, -0.05) is 12.1 Å². The Hall–Kier alpha value is -3.52. The quantitative estimate of drug-likeness (QED) is 0.675. The molecule has 8 nitrogen and oxygen atoms in total. The molecule has 2 aliphatic heterocycles. The number of carbonyl (C=O) groups is 2. The Labute approximate surface area is 200 Å². The van der Waals surface area contributed by atoms with E-state index >= 15 is 0 Å². The minimum Gasteiger partial charge on any atom is -0.507 e. The molecule has 0 unspecified atom stereocenters. The van der Waals surface area contributed by atoms with Gasteiger partial charge in [0.25, 0.3) is 0 Å². The van der Waals surface area contributed by atoms with Crippen LogP contribution in [0.2, 0.25) is 0 Å². The van der Waals surface area contributed by atoms with Gasteiger partial charge >= 0.3 is 6.09 Å². The van der Waals surface area contributed by atoms with Crippen molar-refractivity contribution in [3.8, 4) is 11.5 Å². The minimum atomic E-state index is -0.302. The molecule has 0 saturated carbocycles. The maximum atomic E-state index is 13.2. The van der Waals surface area contributed by atoms with E-state index in [1.54, 1.807) is 30.9 Å². The summed E-state index contributed by atoms with van der Waals surface area (Å²) < 4.78 is 11.1. The van der Waals surface area contributed by atoms with E-state index in [4.69, 9.17) is 9.47 Å². The number of ketones is 1. The third-order valence-corrected chi connectivity index (χ3v) is 6.21. The van der Waals surface area contributed by atoms with Crippen molar-refractivity contribution >= 4 is 23.6 Å². The number of aromatic hydroxyl groups is 1. The molecule has 0 aliphatic carbocycles. The summed E-state index contributed by atoms with van der Waals surface area (Å²) in [6.07, 6.45) is 1.43. The van der Waals surface area contributed by atoms with Crippen LogP contribution in [-0.2, 0) is 11.3 Å². The minimum absolute atomic E-state index is 0.105. The molecule has 2 aromatic rings. The van der Waals surface area contributed by atoms with Gasteiger partial charge in [0, 0.05) is 52.5 Å². The summed E-state index contributed by atoms with van der Waals surface area (Å²) in [6, 6.07) is 9.47. The summed E-state index contributed by atoms with van der Waals surface area (Å²) in [6.45, 7) is 6.72. The summed E-state index contributed by atoms with van der Waals surface area (Å²) in [4.78, 5) is 31.0. The van der Waals surface area contributed by atoms with Crippen molar-refractivity contribution in [3.05, 3.63) is 58.3 Å². The SMILES string of the molecule is CCOC(=O)N1CCN(Cc2c(O)cc(C)c3c2O/C(=C\c2ccc(N(C)C)cc2)C3=O)CC1. The van der Waals surface area contributed by atoms with Crippen molar-refractivity contribution in [2.24, 2.45) is 0 Å². The fourth-order valence-corrected chi connectivity index (χ4v) is 4.28. The number of phenolic OH excluding ortho intramolecular Hbond substituents is 1. The van der Waals surface area contributed by atoms with Crippen LogP contribution in [0.1, 0.15) is 34.0 Å². The molecule has 8 heteroatoms. The van der Waals surface area contributed by atoms with Gasteiger partial charge in [0.1, 0.15) is 11.5 Å². The molecule has 0 spiro atoms. The number of nitrogens with zero attached hydrogens (tertiary/aromatic N) is 3. The third-order valence-electron chi connectivity index (χ3n) is 6.21. The number of hydrogen-bond donors (Lipinski definition) is 1. The zero-order chi connectivity index (χ0) is 24.4. The number of fused-ring (bicyclic) bond motifs is 1. The third kappa shape index (κ3) is 4.72. The number of allylic oxidation sites excluding steroid dienone is 1. The summed E-state index contributed by atoms with van der Waals surface area (Å²) in [5.74, 6) is 0.590. The number of anilines is 1. The maximum absolute atomic E-state index is 13.2. The number of piperazine rings is 1. The largest absolute Gasteiger partial charge is 0.507 e. The Kier molecular flexibility index (Phi) is 6.79. The van der Waals surface area contributed by atoms with Crippen molar-refractivity contribution in [1.29, 1.82) is 0 Å². The van der Waals surface area contributed by atoms with E-state index in [1.165, 1.54) is 0 Å². The smallest absolute Gasteiger partial charge is 0.409 e. The van der Waals surface area contributed by atoms with E-state index in [2.05, 4.69) is 4.90 Å². The van der Waals surface area contributed by atoms with Gasteiger partial charge < -0.3 is 24.4 Å². The second-order valence-electron chi connectivity index (χ2n) is 8.78. The van der Waals surface area contributed by atoms with Gasteiger partial charge in [0.05, 0.1) is 17.7 Å².